The van der Waals surface area contributed by atoms with Gasteiger partial charge >= 0.3 is 5.97 Å². The van der Waals surface area contributed by atoms with Crippen LogP contribution in [0.15, 0.2) is 84.9 Å². The fourth-order valence-corrected chi connectivity index (χ4v) is 7.34. The highest BCUT2D eigenvalue weighted by Crippen LogP contribution is 2.45. The number of aromatic nitrogens is 3. The van der Waals surface area contributed by atoms with Gasteiger partial charge in [-0.3, -0.25) is 9.35 Å². The quantitative estimate of drug-likeness (QED) is 0.132. The molecule has 0 aliphatic rings. The Hall–Kier alpha value is -4.71. The summed E-state index contributed by atoms with van der Waals surface area (Å²) in [5.41, 5.74) is 5.24. The van der Waals surface area contributed by atoms with E-state index in [-0.39, 0.29) is 5.69 Å². The number of pyridine rings is 1. The maximum atomic E-state index is 13.5. The van der Waals surface area contributed by atoms with Gasteiger partial charge in [0.2, 0.25) is 0 Å². The normalized spacial score (nSPS) is 12.0. The van der Waals surface area contributed by atoms with Crippen LogP contribution < -0.4 is 4.31 Å². The molecule has 3 aromatic carbocycles. The van der Waals surface area contributed by atoms with E-state index in [1.165, 1.54) is 18.4 Å². The molecule has 6 rings (SSSR count). The number of rotatable bonds is 9. The average molecular weight is 639 g/mol. The second-order valence-electron chi connectivity index (χ2n) is 10.5. The first kappa shape index (κ1) is 30.3. The summed E-state index contributed by atoms with van der Waals surface area (Å²) in [6.07, 6.45) is 1.64. The number of carbonyl (C=O) groups is 2. The first-order valence-electron chi connectivity index (χ1n) is 14.4. The van der Waals surface area contributed by atoms with Crippen LogP contribution in [-0.4, -0.2) is 42.3 Å². The van der Waals surface area contributed by atoms with E-state index in [1.807, 2.05) is 60.0 Å². The minimum absolute atomic E-state index is 0.231. The van der Waals surface area contributed by atoms with Crippen molar-refractivity contribution in [1.29, 1.82) is 0 Å². The number of hydrogen-bond acceptors (Lipinski definition) is 7. The van der Waals surface area contributed by atoms with Gasteiger partial charge in [0.1, 0.15) is 16.3 Å². The predicted molar refractivity (Wildman–Crippen MR) is 178 cm³/mol. The van der Waals surface area contributed by atoms with Crippen LogP contribution in [0.1, 0.15) is 51.1 Å². The standard InChI is InChI=1S/C34H30N4O5S2/c1-4-10-28-36-30-21(2)19-26(34(40)43-3)35-31(30)37(28)20-22-15-17-23(18-16-22)29-25-13-8-9-14-27(25)44-33(29)38(45(41)42)32(39)24-11-6-5-7-12-24/h5-9,11-19H,4,10,20H2,1-3H3,(H,41,42). The van der Waals surface area contributed by atoms with Crippen molar-refractivity contribution in [2.45, 2.75) is 33.2 Å². The SMILES string of the molecule is CCCc1nc2c(C)cc(C(=O)OC)nc2n1Cc1ccc(-c2c(N(C(=O)c3ccccc3)S(=O)O)sc3ccccc23)cc1. The fraction of sp³-hybridized carbons (Fsp3) is 0.176. The molecule has 1 atom stereocenters. The maximum Gasteiger partial charge on any atom is 0.356 e. The third-order valence-corrected chi connectivity index (χ3v) is 9.48. The molecule has 228 valence electrons. The summed E-state index contributed by atoms with van der Waals surface area (Å²) >= 11 is -1.31. The molecule has 0 fully saturated rings. The minimum atomic E-state index is -2.60. The van der Waals surface area contributed by atoms with E-state index in [0.29, 0.717) is 28.3 Å². The molecule has 9 nitrogen and oxygen atoms in total. The van der Waals surface area contributed by atoms with E-state index < -0.39 is 23.1 Å². The van der Waals surface area contributed by atoms with Crippen LogP contribution >= 0.6 is 11.3 Å². The molecule has 1 amide bonds. The number of amides is 1. The Labute approximate surface area is 266 Å². The number of esters is 1. The van der Waals surface area contributed by atoms with E-state index >= 15 is 0 Å². The summed E-state index contributed by atoms with van der Waals surface area (Å²) in [4.78, 5) is 35.3. The van der Waals surface area contributed by atoms with Gasteiger partial charge in [-0.05, 0) is 54.3 Å². The number of carbonyl (C=O) groups excluding carboxylic acids is 2. The number of imidazole rings is 1. The van der Waals surface area contributed by atoms with Crippen LogP contribution in [0.4, 0.5) is 5.00 Å². The van der Waals surface area contributed by atoms with Gasteiger partial charge in [-0.15, -0.1) is 11.3 Å². The first-order chi connectivity index (χ1) is 21.8. The third kappa shape index (κ3) is 5.77. The topological polar surface area (TPSA) is 115 Å². The summed E-state index contributed by atoms with van der Waals surface area (Å²) in [5, 5.41) is 1.27. The molecular formula is C34H30N4O5S2. The Morgan fingerprint density at radius 3 is 2.40 bits per heavy atom. The largest absolute Gasteiger partial charge is 0.464 e. The van der Waals surface area contributed by atoms with Crippen LogP contribution in [0.3, 0.4) is 0 Å². The van der Waals surface area contributed by atoms with Crippen molar-refractivity contribution in [3.8, 4) is 11.1 Å². The highest BCUT2D eigenvalue weighted by Gasteiger charge is 2.29. The van der Waals surface area contributed by atoms with Crippen LogP contribution in [0.5, 0.6) is 0 Å². The lowest BCUT2D eigenvalue weighted by atomic mass is 10.0. The Bertz CT molecular complexity index is 2070. The molecule has 0 bridgehead atoms. The minimum Gasteiger partial charge on any atom is -0.464 e. The van der Waals surface area contributed by atoms with Crippen molar-refractivity contribution >= 4 is 60.7 Å². The lowest BCUT2D eigenvalue weighted by Crippen LogP contribution is -2.32. The number of hydrogen-bond donors (Lipinski definition) is 1. The number of nitrogens with zero attached hydrogens (tertiary/aromatic N) is 4. The zero-order chi connectivity index (χ0) is 31.7. The van der Waals surface area contributed by atoms with E-state index in [2.05, 4.69) is 11.9 Å². The number of aryl methyl sites for hydroxylation is 2. The molecule has 0 saturated heterocycles. The van der Waals surface area contributed by atoms with Gasteiger partial charge in [-0.25, -0.2) is 19.0 Å². The van der Waals surface area contributed by atoms with Crippen molar-refractivity contribution in [2.75, 3.05) is 11.4 Å². The number of anilines is 1. The van der Waals surface area contributed by atoms with Crippen molar-refractivity contribution in [2.24, 2.45) is 0 Å². The number of methoxy groups -OCH3 is 1. The van der Waals surface area contributed by atoms with Gasteiger partial charge in [0, 0.05) is 27.6 Å². The molecule has 0 spiro atoms. The molecule has 0 radical (unpaired) electrons. The number of fused-ring (bicyclic) bond motifs is 2. The first-order valence-corrected chi connectivity index (χ1v) is 16.2. The lowest BCUT2D eigenvalue weighted by Gasteiger charge is -2.18. The Balaban J connectivity index is 1.42. The zero-order valence-corrected chi connectivity index (χ0v) is 26.5. The van der Waals surface area contributed by atoms with Crippen LogP contribution in [0.25, 0.3) is 32.4 Å². The second kappa shape index (κ2) is 12.7. The number of benzene rings is 3. The van der Waals surface area contributed by atoms with Gasteiger partial charge in [0.25, 0.3) is 17.2 Å². The predicted octanol–water partition coefficient (Wildman–Crippen LogP) is 7.19. The van der Waals surface area contributed by atoms with Crippen molar-refractivity contribution in [1.82, 2.24) is 14.5 Å². The zero-order valence-electron chi connectivity index (χ0n) is 24.9. The van der Waals surface area contributed by atoms with Gasteiger partial charge in [-0.1, -0.05) is 67.6 Å². The lowest BCUT2D eigenvalue weighted by molar-refractivity contribution is 0.0594. The highest BCUT2D eigenvalue weighted by molar-refractivity contribution is 7.82. The summed E-state index contributed by atoms with van der Waals surface area (Å²) in [6, 6.07) is 25.8. The Morgan fingerprint density at radius 2 is 1.71 bits per heavy atom. The molecule has 1 N–H and O–H groups in total. The van der Waals surface area contributed by atoms with Gasteiger partial charge in [0.05, 0.1) is 13.7 Å². The van der Waals surface area contributed by atoms with E-state index in [1.54, 1.807) is 36.4 Å². The fourth-order valence-electron chi connectivity index (χ4n) is 5.42. The van der Waals surface area contributed by atoms with Crippen LogP contribution in [0, 0.1) is 6.92 Å². The second-order valence-corrected chi connectivity index (χ2v) is 12.4. The average Bonchev–Trinajstić information content (AvgIpc) is 3.60. The van der Waals surface area contributed by atoms with Crippen molar-refractivity contribution in [3.05, 3.63) is 113 Å². The highest BCUT2D eigenvalue weighted by atomic mass is 32.2. The van der Waals surface area contributed by atoms with Crippen LogP contribution in [-0.2, 0) is 29.0 Å². The molecule has 3 heterocycles. The maximum absolute atomic E-state index is 13.5. The van der Waals surface area contributed by atoms with E-state index in [0.717, 1.165) is 55.3 Å². The number of thiophene rings is 1. The monoisotopic (exact) mass is 638 g/mol. The molecule has 1 unspecified atom stereocenters. The number of ether oxygens (including phenoxy) is 1. The summed E-state index contributed by atoms with van der Waals surface area (Å²) in [5.74, 6) is -0.192. The molecule has 3 aromatic heterocycles. The summed E-state index contributed by atoms with van der Waals surface area (Å²) in [7, 11) is 1.34. The van der Waals surface area contributed by atoms with Gasteiger partial charge in [0.15, 0.2) is 11.3 Å². The summed E-state index contributed by atoms with van der Waals surface area (Å²) in [6.45, 7) is 4.47. The Morgan fingerprint density at radius 1 is 1.00 bits per heavy atom. The molecule has 11 heteroatoms. The summed E-state index contributed by atoms with van der Waals surface area (Å²) < 4.78 is 31.9. The Kier molecular flexibility index (Phi) is 8.57. The van der Waals surface area contributed by atoms with Crippen molar-refractivity contribution in [3.63, 3.8) is 0 Å². The smallest absolute Gasteiger partial charge is 0.356 e. The molecule has 6 aromatic rings. The third-order valence-electron chi connectivity index (χ3n) is 7.55. The van der Waals surface area contributed by atoms with Crippen LogP contribution in [0.2, 0.25) is 0 Å². The molecule has 0 aliphatic carbocycles. The van der Waals surface area contributed by atoms with Crippen molar-refractivity contribution < 1.29 is 23.1 Å². The molecule has 0 saturated carbocycles. The van der Waals surface area contributed by atoms with E-state index in [9.17, 15) is 18.4 Å². The van der Waals surface area contributed by atoms with Gasteiger partial charge < -0.3 is 9.30 Å². The molecular weight excluding hydrogens is 609 g/mol. The van der Waals surface area contributed by atoms with E-state index in [4.69, 9.17) is 9.72 Å². The molecule has 45 heavy (non-hydrogen) atoms. The molecule has 0 aliphatic heterocycles. The van der Waals surface area contributed by atoms with Gasteiger partial charge in [-0.2, -0.15) is 4.31 Å².